The summed E-state index contributed by atoms with van der Waals surface area (Å²) in [5, 5.41) is 0. The summed E-state index contributed by atoms with van der Waals surface area (Å²) in [5.74, 6) is -0.575. The number of nitrogens with one attached hydrogen (secondary N) is 1. The van der Waals surface area contributed by atoms with Gasteiger partial charge < -0.3 is 0 Å². The van der Waals surface area contributed by atoms with E-state index in [1.165, 1.54) is 12.1 Å². The van der Waals surface area contributed by atoms with E-state index in [0.29, 0.717) is 11.3 Å². The Labute approximate surface area is 125 Å². The summed E-state index contributed by atoms with van der Waals surface area (Å²) in [6, 6.07) is 10.6. The van der Waals surface area contributed by atoms with E-state index in [1.54, 1.807) is 31.2 Å². The molecule has 2 rings (SSSR count). The zero-order valence-electron chi connectivity index (χ0n) is 10.0. The second kappa shape index (κ2) is 5.46. The van der Waals surface area contributed by atoms with E-state index >= 15 is 0 Å². The van der Waals surface area contributed by atoms with E-state index in [-0.39, 0.29) is 4.90 Å². The number of benzene rings is 2. The Bertz CT molecular complexity index is 699. The van der Waals surface area contributed by atoms with Crippen molar-refractivity contribution in [2.45, 2.75) is 11.8 Å². The molecule has 19 heavy (non-hydrogen) atoms. The van der Waals surface area contributed by atoms with Crippen molar-refractivity contribution in [3.8, 4) is 0 Å². The molecule has 100 valence electrons. The van der Waals surface area contributed by atoms with Gasteiger partial charge in [0, 0.05) is 9.26 Å². The summed E-state index contributed by atoms with van der Waals surface area (Å²) in [6.07, 6.45) is 0. The minimum Gasteiger partial charge on any atom is -0.280 e. The van der Waals surface area contributed by atoms with Gasteiger partial charge in [0.2, 0.25) is 0 Å². The molecule has 0 saturated heterocycles. The Balaban J connectivity index is 2.37. The van der Waals surface area contributed by atoms with Gasteiger partial charge in [-0.15, -0.1) is 0 Å². The van der Waals surface area contributed by atoms with Gasteiger partial charge >= 0.3 is 0 Å². The summed E-state index contributed by atoms with van der Waals surface area (Å²) in [5.41, 5.74) is 0.948. The molecule has 0 aliphatic heterocycles. The molecular weight excluding hydrogens is 380 g/mol. The molecule has 0 saturated carbocycles. The van der Waals surface area contributed by atoms with Crippen LogP contribution in [0.3, 0.4) is 0 Å². The molecule has 2 aromatic rings. The molecule has 0 fully saturated rings. The molecule has 0 amide bonds. The minimum atomic E-state index is -3.77. The maximum atomic E-state index is 13.2. The van der Waals surface area contributed by atoms with Crippen molar-refractivity contribution in [3.63, 3.8) is 0 Å². The van der Waals surface area contributed by atoms with Crippen molar-refractivity contribution in [1.29, 1.82) is 0 Å². The van der Waals surface area contributed by atoms with Gasteiger partial charge in [-0.3, -0.25) is 4.72 Å². The van der Waals surface area contributed by atoms with Crippen molar-refractivity contribution in [3.05, 3.63) is 57.4 Å². The first-order valence-corrected chi connectivity index (χ1v) is 7.99. The normalized spacial score (nSPS) is 11.3. The van der Waals surface area contributed by atoms with Gasteiger partial charge in [-0.2, -0.15) is 0 Å². The van der Waals surface area contributed by atoms with Crippen molar-refractivity contribution in [2.75, 3.05) is 4.72 Å². The summed E-state index contributed by atoms with van der Waals surface area (Å²) in [4.78, 5) is -0.0500. The summed E-state index contributed by atoms with van der Waals surface area (Å²) < 4.78 is 41.0. The van der Waals surface area contributed by atoms with E-state index < -0.39 is 15.8 Å². The number of hydrogen-bond donors (Lipinski definition) is 1. The van der Waals surface area contributed by atoms with Crippen molar-refractivity contribution in [1.82, 2.24) is 0 Å². The Morgan fingerprint density at radius 1 is 1.11 bits per heavy atom. The van der Waals surface area contributed by atoms with Gasteiger partial charge in [0.1, 0.15) is 5.82 Å². The van der Waals surface area contributed by atoms with Crippen LogP contribution in [0.5, 0.6) is 0 Å². The topological polar surface area (TPSA) is 46.2 Å². The van der Waals surface area contributed by atoms with Crippen molar-refractivity contribution < 1.29 is 12.8 Å². The van der Waals surface area contributed by atoms with Crippen LogP contribution in [0, 0.1) is 16.3 Å². The average Bonchev–Trinajstić information content (AvgIpc) is 2.35. The Morgan fingerprint density at radius 2 is 1.74 bits per heavy atom. The molecule has 0 radical (unpaired) electrons. The standard InChI is InChI=1S/C13H11FINO2S/c1-9-2-3-10(14)8-13(9)19(17,18)16-12-6-4-11(15)5-7-12/h2-8,16H,1H3. The highest BCUT2D eigenvalue weighted by molar-refractivity contribution is 14.1. The molecule has 0 heterocycles. The number of hydrogen-bond acceptors (Lipinski definition) is 2. The van der Waals surface area contributed by atoms with Gasteiger partial charge in [0.25, 0.3) is 10.0 Å². The third-order valence-corrected chi connectivity index (χ3v) is 4.78. The van der Waals surface area contributed by atoms with E-state index in [9.17, 15) is 12.8 Å². The smallest absolute Gasteiger partial charge is 0.262 e. The van der Waals surface area contributed by atoms with Crippen LogP contribution in [-0.4, -0.2) is 8.42 Å². The first-order chi connectivity index (χ1) is 8.88. The molecule has 0 unspecified atom stereocenters. The fourth-order valence-corrected chi connectivity index (χ4v) is 3.27. The molecule has 0 bridgehead atoms. The summed E-state index contributed by atoms with van der Waals surface area (Å²) in [6.45, 7) is 1.63. The highest BCUT2D eigenvalue weighted by Crippen LogP contribution is 2.20. The minimum absolute atomic E-state index is 0.0500. The maximum absolute atomic E-state index is 13.2. The fourth-order valence-electron chi connectivity index (χ4n) is 1.59. The predicted octanol–water partition coefficient (Wildman–Crippen LogP) is 3.54. The largest absolute Gasteiger partial charge is 0.280 e. The van der Waals surface area contributed by atoms with Crippen LogP contribution in [-0.2, 0) is 10.0 Å². The van der Waals surface area contributed by atoms with Gasteiger partial charge in [-0.05, 0) is 71.5 Å². The van der Waals surface area contributed by atoms with Crippen molar-refractivity contribution >= 4 is 38.3 Å². The molecule has 0 aromatic heterocycles. The quantitative estimate of drug-likeness (QED) is 0.814. The van der Waals surface area contributed by atoms with Gasteiger partial charge in [0.05, 0.1) is 4.90 Å². The average molecular weight is 391 g/mol. The van der Waals surface area contributed by atoms with Crippen LogP contribution in [0.25, 0.3) is 0 Å². The molecular formula is C13H11FINO2S. The predicted molar refractivity (Wildman–Crippen MR) is 81.1 cm³/mol. The van der Waals surface area contributed by atoms with E-state index in [1.807, 2.05) is 0 Å². The van der Waals surface area contributed by atoms with Crippen LogP contribution < -0.4 is 4.72 Å². The monoisotopic (exact) mass is 391 g/mol. The van der Waals surface area contributed by atoms with Gasteiger partial charge in [-0.25, -0.2) is 12.8 Å². The van der Waals surface area contributed by atoms with Crippen molar-refractivity contribution in [2.24, 2.45) is 0 Å². The van der Waals surface area contributed by atoms with Gasteiger partial charge in [0.15, 0.2) is 0 Å². The highest BCUT2D eigenvalue weighted by Gasteiger charge is 2.17. The fraction of sp³-hybridized carbons (Fsp3) is 0.0769. The first-order valence-electron chi connectivity index (χ1n) is 5.43. The lowest BCUT2D eigenvalue weighted by Gasteiger charge is -2.10. The number of halogens is 2. The number of anilines is 1. The lowest BCUT2D eigenvalue weighted by molar-refractivity contribution is 0.594. The summed E-state index contributed by atoms with van der Waals surface area (Å²) >= 11 is 2.13. The number of rotatable bonds is 3. The molecule has 0 aliphatic carbocycles. The molecule has 0 aliphatic rings. The Kier molecular flexibility index (Phi) is 4.10. The van der Waals surface area contributed by atoms with Crippen LogP contribution in [0.15, 0.2) is 47.4 Å². The van der Waals surface area contributed by atoms with E-state index in [2.05, 4.69) is 27.3 Å². The third-order valence-electron chi connectivity index (χ3n) is 2.54. The molecule has 6 heteroatoms. The van der Waals surface area contributed by atoms with Crippen LogP contribution in [0.1, 0.15) is 5.56 Å². The number of aryl methyl sites for hydroxylation is 1. The highest BCUT2D eigenvalue weighted by atomic mass is 127. The molecule has 1 N–H and O–H groups in total. The van der Waals surface area contributed by atoms with E-state index in [0.717, 1.165) is 9.64 Å². The molecule has 0 spiro atoms. The van der Waals surface area contributed by atoms with Crippen LogP contribution >= 0.6 is 22.6 Å². The van der Waals surface area contributed by atoms with Crippen LogP contribution in [0.4, 0.5) is 10.1 Å². The molecule has 3 nitrogen and oxygen atoms in total. The molecule has 2 aromatic carbocycles. The van der Waals surface area contributed by atoms with Crippen LogP contribution in [0.2, 0.25) is 0 Å². The second-order valence-electron chi connectivity index (χ2n) is 4.02. The van der Waals surface area contributed by atoms with E-state index in [4.69, 9.17) is 0 Å². The number of sulfonamides is 1. The lowest BCUT2D eigenvalue weighted by Crippen LogP contribution is -2.14. The molecule has 0 atom stereocenters. The first kappa shape index (κ1) is 14.3. The zero-order chi connectivity index (χ0) is 14.0. The lowest BCUT2D eigenvalue weighted by atomic mass is 10.2. The SMILES string of the molecule is Cc1ccc(F)cc1S(=O)(=O)Nc1ccc(I)cc1. The van der Waals surface area contributed by atoms with Gasteiger partial charge in [-0.1, -0.05) is 6.07 Å². The zero-order valence-corrected chi connectivity index (χ0v) is 13.0. The Hall–Kier alpha value is -1.15. The maximum Gasteiger partial charge on any atom is 0.262 e. The Morgan fingerprint density at radius 3 is 2.37 bits per heavy atom. The second-order valence-corrected chi connectivity index (χ2v) is 6.92. The summed E-state index contributed by atoms with van der Waals surface area (Å²) in [7, 11) is -3.77. The third kappa shape index (κ3) is 3.44.